The van der Waals surface area contributed by atoms with Gasteiger partial charge in [0.1, 0.15) is 0 Å². The van der Waals surface area contributed by atoms with Crippen molar-refractivity contribution in [1.82, 2.24) is 0 Å². The Labute approximate surface area is 152 Å². The van der Waals surface area contributed by atoms with Crippen LogP contribution in [0.5, 0.6) is 0 Å². The summed E-state index contributed by atoms with van der Waals surface area (Å²) in [6.45, 7) is 4.09. The molecule has 0 aliphatic heterocycles. The Morgan fingerprint density at radius 3 is 2.15 bits per heavy atom. The molecule has 0 aliphatic rings. The van der Waals surface area contributed by atoms with Gasteiger partial charge in [-0.05, 0) is 43.5 Å². The Balaban J connectivity index is 2.81. The number of aryl methyl sites for hydroxylation is 3. The van der Waals surface area contributed by atoms with Gasteiger partial charge in [0, 0.05) is 0 Å². The van der Waals surface area contributed by atoms with Crippen molar-refractivity contribution in [3.8, 4) is 0 Å². The second kappa shape index (κ2) is 7.13. The molecule has 0 unspecified atom stereocenters. The van der Waals surface area contributed by atoms with E-state index in [0.717, 1.165) is 0 Å². The summed E-state index contributed by atoms with van der Waals surface area (Å²) in [5.41, 5.74) is 10.6. The molecular formula is C17H18N2O5S2. The quantitative estimate of drug-likeness (QED) is 0.368. The topological polar surface area (TPSA) is 125 Å². The van der Waals surface area contributed by atoms with Crippen molar-refractivity contribution >= 4 is 24.1 Å². The van der Waals surface area contributed by atoms with Crippen molar-refractivity contribution in [3.63, 3.8) is 0 Å². The molecule has 7 nitrogen and oxygen atoms in total. The van der Waals surface area contributed by atoms with Gasteiger partial charge in [-0.25, -0.2) is 16.8 Å². The second-order valence-corrected chi connectivity index (χ2v) is 9.76. The molecule has 0 aromatic heterocycles. The van der Waals surface area contributed by atoms with Crippen LogP contribution in [0.3, 0.4) is 0 Å². The van der Waals surface area contributed by atoms with Gasteiger partial charge in [0.2, 0.25) is 0 Å². The van der Waals surface area contributed by atoms with Gasteiger partial charge in [-0.2, -0.15) is 0 Å². The number of nitrogens with zero attached hydrogens (tertiary/aromatic N) is 2. The van der Waals surface area contributed by atoms with Crippen molar-refractivity contribution in [2.75, 3.05) is 0 Å². The van der Waals surface area contributed by atoms with Crippen molar-refractivity contribution in [1.29, 1.82) is 0 Å². The second-order valence-electron chi connectivity index (χ2n) is 5.87. The summed E-state index contributed by atoms with van der Waals surface area (Å²) >= 11 is 0. The van der Waals surface area contributed by atoms with Gasteiger partial charge in [0.05, 0.1) is 16.4 Å². The van der Waals surface area contributed by atoms with Crippen molar-refractivity contribution in [2.45, 2.75) is 37.2 Å². The van der Waals surface area contributed by atoms with E-state index < -0.39 is 30.7 Å². The predicted molar refractivity (Wildman–Crippen MR) is 96.0 cm³/mol. The van der Waals surface area contributed by atoms with E-state index >= 15 is 0 Å². The maximum absolute atomic E-state index is 13.0. The van der Waals surface area contributed by atoms with Crippen LogP contribution in [0.1, 0.15) is 22.3 Å². The van der Waals surface area contributed by atoms with E-state index in [2.05, 4.69) is 4.79 Å². The lowest BCUT2D eigenvalue weighted by atomic mass is 10.1. The lowest BCUT2D eigenvalue weighted by Gasteiger charge is -2.11. The first-order valence-corrected chi connectivity index (χ1v) is 10.5. The maximum atomic E-state index is 13.0. The van der Waals surface area contributed by atoms with E-state index in [1.54, 1.807) is 19.1 Å². The molecule has 0 atom stereocenters. The van der Waals surface area contributed by atoms with Gasteiger partial charge in [0.15, 0.2) is 0 Å². The molecule has 2 rings (SSSR count). The Bertz CT molecular complexity index is 1130. The van der Waals surface area contributed by atoms with Crippen LogP contribution >= 0.6 is 0 Å². The number of benzene rings is 2. The molecule has 138 valence electrons. The highest BCUT2D eigenvalue weighted by molar-refractivity contribution is 8.31. The average molecular weight is 394 g/mol. The first-order chi connectivity index (χ1) is 12.1. The molecule has 2 aromatic carbocycles. The van der Waals surface area contributed by atoms with E-state index in [0.29, 0.717) is 11.1 Å². The summed E-state index contributed by atoms with van der Waals surface area (Å²) in [6, 6.07) is 8.77. The lowest BCUT2D eigenvalue weighted by molar-refractivity contribution is 0.00379. The van der Waals surface area contributed by atoms with Crippen molar-refractivity contribution in [2.24, 2.45) is 0 Å². The van der Waals surface area contributed by atoms with E-state index in [9.17, 15) is 27.5 Å². The van der Waals surface area contributed by atoms with Gasteiger partial charge in [-0.3, -0.25) is 0 Å². The normalized spacial score (nSPS) is 11.8. The molecule has 0 spiro atoms. The minimum absolute atomic E-state index is 0.0311. The summed E-state index contributed by atoms with van der Waals surface area (Å²) in [4.78, 5) is 1.97. The summed E-state index contributed by atoms with van der Waals surface area (Å²) < 4.78 is 50.4. The zero-order valence-corrected chi connectivity index (χ0v) is 16.1. The Kier molecular flexibility index (Phi) is 5.48. The molecule has 0 saturated heterocycles. The van der Waals surface area contributed by atoms with E-state index in [-0.39, 0.29) is 20.9 Å². The zero-order chi connectivity index (χ0) is 19.7. The molecule has 9 heteroatoms. The van der Waals surface area contributed by atoms with E-state index in [1.807, 2.05) is 0 Å². The maximum Gasteiger partial charge on any atom is 0.504 e. The molecule has 0 fully saturated rings. The van der Waals surface area contributed by atoms with Gasteiger partial charge < -0.3 is 10.6 Å². The number of hydrogen-bond donors (Lipinski definition) is 1. The Morgan fingerprint density at radius 1 is 1.00 bits per heavy atom. The van der Waals surface area contributed by atoms with Crippen LogP contribution in [0.15, 0.2) is 46.2 Å². The first-order valence-electron chi connectivity index (χ1n) is 7.56. The fourth-order valence-electron chi connectivity index (χ4n) is 2.84. The highest BCUT2D eigenvalue weighted by atomic mass is 32.3. The standard InChI is InChI=1S/C17H18N2O5S2/c1-11-8-13(3)16(14(9-11)10-20)26(23,24)17(19-18)25(21,22)15-7-5-4-6-12(15)2/h4-9,20H,10H2,1-3H3. The van der Waals surface area contributed by atoms with Gasteiger partial charge in [-0.1, -0.05) is 35.9 Å². The van der Waals surface area contributed by atoms with Crippen LogP contribution in [0.25, 0.3) is 5.53 Å². The monoisotopic (exact) mass is 394 g/mol. The van der Waals surface area contributed by atoms with Gasteiger partial charge in [-0.15, -0.1) is 4.79 Å². The average Bonchev–Trinajstić information content (AvgIpc) is 2.53. The number of sulfone groups is 2. The fraction of sp³-hybridized carbons (Fsp3) is 0.235. The molecule has 0 aliphatic carbocycles. The molecule has 0 amide bonds. The number of aliphatic hydroxyl groups excluding tert-OH is 1. The van der Waals surface area contributed by atoms with Crippen LogP contribution in [0.4, 0.5) is 0 Å². The van der Waals surface area contributed by atoms with Gasteiger partial charge in [0.25, 0.3) is 19.7 Å². The molecular weight excluding hydrogens is 376 g/mol. The molecule has 2 aromatic rings. The third-order valence-corrected chi connectivity index (χ3v) is 8.42. The third kappa shape index (κ3) is 3.34. The largest absolute Gasteiger partial charge is 0.504 e. The van der Waals surface area contributed by atoms with Crippen LogP contribution in [0, 0.1) is 20.8 Å². The fourth-order valence-corrected chi connectivity index (χ4v) is 6.79. The van der Waals surface area contributed by atoms with Crippen LogP contribution < -0.4 is 0 Å². The minimum Gasteiger partial charge on any atom is -0.392 e. The highest BCUT2D eigenvalue weighted by Gasteiger charge is 2.46. The van der Waals surface area contributed by atoms with E-state index in [1.165, 1.54) is 38.1 Å². The summed E-state index contributed by atoms with van der Waals surface area (Å²) in [5, 5.41) is 9.53. The van der Waals surface area contributed by atoms with Crippen LogP contribution in [-0.2, 0) is 26.3 Å². The summed E-state index contributed by atoms with van der Waals surface area (Å²) in [5.74, 6) is 0. The lowest BCUT2D eigenvalue weighted by Crippen LogP contribution is -2.28. The summed E-state index contributed by atoms with van der Waals surface area (Å²) in [7, 11) is -9.32. The molecule has 26 heavy (non-hydrogen) atoms. The third-order valence-electron chi connectivity index (χ3n) is 3.86. The van der Waals surface area contributed by atoms with Crippen molar-refractivity contribution in [3.05, 3.63) is 64.2 Å². The van der Waals surface area contributed by atoms with E-state index in [4.69, 9.17) is 0 Å². The highest BCUT2D eigenvalue weighted by Crippen LogP contribution is 2.28. The zero-order valence-electron chi connectivity index (χ0n) is 14.5. The smallest absolute Gasteiger partial charge is 0.392 e. The molecule has 0 bridgehead atoms. The molecule has 0 heterocycles. The number of hydrogen-bond acceptors (Lipinski definition) is 5. The Morgan fingerprint density at radius 2 is 1.62 bits per heavy atom. The van der Waals surface area contributed by atoms with Crippen LogP contribution in [-0.4, -0.2) is 31.1 Å². The number of aliphatic hydroxyl groups is 1. The summed E-state index contributed by atoms with van der Waals surface area (Å²) in [6.07, 6.45) is 0. The number of rotatable bonds is 3. The first kappa shape index (κ1) is 20.0. The minimum atomic E-state index is -4.71. The van der Waals surface area contributed by atoms with Gasteiger partial charge >= 0.3 is 4.38 Å². The molecule has 0 saturated carbocycles. The molecule has 1 N–H and O–H groups in total. The van der Waals surface area contributed by atoms with Crippen molar-refractivity contribution < 1.29 is 26.7 Å². The SMILES string of the molecule is Cc1cc(C)c(S(=O)(=O)C(=[N+]=[N-])S(=O)(=O)c2ccccc2C)c(CO)c1. The Hall–Kier alpha value is -2.32. The molecule has 0 radical (unpaired) electrons. The van der Waals surface area contributed by atoms with Crippen LogP contribution in [0.2, 0.25) is 0 Å². The predicted octanol–water partition coefficient (Wildman–Crippen LogP) is 1.94.